The van der Waals surface area contributed by atoms with Gasteiger partial charge in [-0.15, -0.1) is 0 Å². The molecule has 4 rings (SSSR count). The molecular weight excluding hydrogens is 549 g/mol. The Bertz CT molecular complexity index is 1240. The van der Waals surface area contributed by atoms with Gasteiger partial charge in [-0.25, -0.2) is 18.2 Å². The number of piperidine rings is 1. The summed E-state index contributed by atoms with van der Waals surface area (Å²) in [6, 6.07) is 5.79. The minimum absolute atomic E-state index is 0.00230. The monoisotopic (exact) mass is 582 g/mol. The molecule has 3 N–H and O–H groups in total. The molecule has 3 heterocycles. The molecule has 2 aliphatic rings. The van der Waals surface area contributed by atoms with Crippen molar-refractivity contribution in [2.75, 3.05) is 11.4 Å². The van der Waals surface area contributed by atoms with Crippen LogP contribution in [-0.4, -0.2) is 58.6 Å². The third-order valence-corrected chi connectivity index (χ3v) is 7.65. The smallest absolute Gasteiger partial charge is 0.263 e. The van der Waals surface area contributed by atoms with Crippen molar-refractivity contribution in [2.24, 2.45) is 0 Å². The van der Waals surface area contributed by atoms with Crippen molar-refractivity contribution >= 4 is 29.2 Å². The van der Waals surface area contributed by atoms with Gasteiger partial charge in [-0.05, 0) is 77.6 Å². The number of anilines is 1. The molecule has 2 aromatic rings. The van der Waals surface area contributed by atoms with Gasteiger partial charge in [-0.1, -0.05) is 11.6 Å². The maximum absolute atomic E-state index is 14.3. The minimum Gasteiger partial charge on any atom is -0.476 e. The van der Waals surface area contributed by atoms with Crippen LogP contribution >= 0.6 is 11.6 Å². The zero-order chi connectivity index (χ0) is 29.4. The van der Waals surface area contributed by atoms with Crippen LogP contribution < -0.4 is 20.3 Å². The van der Waals surface area contributed by atoms with E-state index in [4.69, 9.17) is 16.3 Å². The number of benzene rings is 1. The Morgan fingerprint density at radius 1 is 1.18 bits per heavy atom. The maximum Gasteiger partial charge on any atom is 0.263 e. The second-order valence-electron chi connectivity index (χ2n) is 11.4. The van der Waals surface area contributed by atoms with Gasteiger partial charge in [-0.2, -0.15) is 0 Å². The van der Waals surface area contributed by atoms with Crippen LogP contribution in [0.25, 0.3) is 0 Å². The number of ether oxygens (including phenoxy) is 1. The molecule has 1 aromatic carbocycles. The Kier molecular flexibility index (Phi) is 8.56. The molecule has 3 atom stereocenters. The lowest BCUT2D eigenvalue weighted by Gasteiger charge is -2.41. The van der Waals surface area contributed by atoms with E-state index >= 15 is 0 Å². The van der Waals surface area contributed by atoms with Crippen LogP contribution in [0.1, 0.15) is 69.3 Å². The fourth-order valence-electron chi connectivity index (χ4n) is 5.37. The van der Waals surface area contributed by atoms with Crippen LogP contribution in [0.4, 0.5) is 19.0 Å². The number of alkyl halides is 2. The number of pyridine rings is 1. The molecule has 8 nitrogen and oxygen atoms in total. The van der Waals surface area contributed by atoms with Gasteiger partial charge in [0.1, 0.15) is 17.4 Å². The normalized spacial score (nSPS) is 20.9. The van der Waals surface area contributed by atoms with E-state index in [9.17, 15) is 27.9 Å². The van der Waals surface area contributed by atoms with Gasteiger partial charge < -0.3 is 25.4 Å². The number of hydrogen-bond donors (Lipinski definition) is 3. The van der Waals surface area contributed by atoms with E-state index in [0.29, 0.717) is 18.7 Å². The standard InChI is InChI=1S/C28H34ClF3N4O4/c1-27(2,39)19-11-22(20(29)12-21(19)30)40-28(3,4)26(38)35-16-9-17-6-7-18(10-16)36(17)24-8-5-15(13-33-24)25(37)34-14-23(31)32/h5,8,11-13,16-18,23,39H,6-7,9-10,14H2,1-4H3,(H,34,37)(H,35,38)/t16?,17-,18+. The van der Waals surface area contributed by atoms with Crippen LogP contribution in [-0.2, 0) is 10.4 Å². The van der Waals surface area contributed by atoms with Crippen molar-refractivity contribution in [1.82, 2.24) is 15.6 Å². The molecule has 1 unspecified atom stereocenters. The SMILES string of the molecule is CC(C)(Oc1cc(C(C)(C)O)c(F)cc1Cl)C(=O)NC1C[C@H]2CC[C@@H](C1)N2c1ccc(C(=O)NCC(F)F)cn1. The molecule has 12 heteroatoms. The van der Waals surface area contributed by atoms with E-state index in [1.165, 1.54) is 26.1 Å². The van der Waals surface area contributed by atoms with Crippen LogP contribution in [0.3, 0.4) is 0 Å². The highest BCUT2D eigenvalue weighted by Crippen LogP contribution is 2.39. The van der Waals surface area contributed by atoms with Gasteiger partial charge in [0.05, 0.1) is 22.7 Å². The van der Waals surface area contributed by atoms with Crippen LogP contribution in [0.15, 0.2) is 30.5 Å². The Labute approximate surface area is 236 Å². The Balaban J connectivity index is 1.39. The summed E-state index contributed by atoms with van der Waals surface area (Å²) >= 11 is 6.19. The fraction of sp³-hybridized carbons (Fsp3) is 0.536. The highest BCUT2D eigenvalue weighted by molar-refractivity contribution is 6.32. The Morgan fingerprint density at radius 3 is 2.38 bits per heavy atom. The molecule has 2 bridgehead atoms. The lowest BCUT2D eigenvalue weighted by Crippen LogP contribution is -2.55. The van der Waals surface area contributed by atoms with Gasteiger partial charge in [0, 0.05) is 29.9 Å². The first-order valence-electron chi connectivity index (χ1n) is 13.2. The number of amides is 2. The lowest BCUT2D eigenvalue weighted by atomic mass is 9.95. The van der Waals surface area contributed by atoms with Crippen molar-refractivity contribution < 1.29 is 32.6 Å². The Hall–Kier alpha value is -3.05. The van der Waals surface area contributed by atoms with E-state index in [1.807, 2.05) is 0 Å². The Morgan fingerprint density at radius 2 is 1.82 bits per heavy atom. The molecule has 2 aliphatic heterocycles. The summed E-state index contributed by atoms with van der Waals surface area (Å²) < 4.78 is 45.0. The topological polar surface area (TPSA) is 104 Å². The number of aliphatic hydroxyl groups is 1. The number of fused-ring (bicyclic) bond motifs is 2. The average Bonchev–Trinajstić information content (AvgIpc) is 3.13. The molecule has 218 valence electrons. The summed E-state index contributed by atoms with van der Waals surface area (Å²) in [5, 5.41) is 15.5. The van der Waals surface area contributed by atoms with Crippen molar-refractivity contribution in [3.05, 3.63) is 52.4 Å². The van der Waals surface area contributed by atoms with Crippen LogP contribution in [0, 0.1) is 5.82 Å². The number of aromatic nitrogens is 1. The van der Waals surface area contributed by atoms with Gasteiger partial charge in [0.2, 0.25) is 0 Å². The van der Waals surface area contributed by atoms with E-state index < -0.39 is 35.9 Å². The van der Waals surface area contributed by atoms with Crippen molar-refractivity contribution in [2.45, 2.75) is 89.1 Å². The first-order chi connectivity index (χ1) is 18.7. The second-order valence-corrected chi connectivity index (χ2v) is 11.8. The summed E-state index contributed by atoms with van der Waals surface area (Å²) in [4.78, 5) is 31.9. The maximum atomic E-state index is 14.3. The zero-order valence-corrected chi connectivity index (χ0v) is 23.6. The molecule has 40 heavy (non-hydrogen) atoms. The third-order valence-electron chi connectivity index (χ3n) is 7.35. The molecule has 0 spiro atoms. The third kappa shape index (κ3) is 6.63. The van der Waals surface area contributed by atoms with Gasteiger partial charge >= 0.3 is 0 Å². The number of nitrogens with one attached hydrogen (secondary N) is 2. The molecule has 1 aromatic heterocycles. The van der Waals surface area contributed by atoms with Gasteiger partial charge in [0.15, 0.2) is 5.60 Å². The molecule has 0 aliphatic carbocycles. The zero-order valence-electron chi connectivity index (χ0n) is 22.8. The summed E-state index contributed by atoms with van der Waals surface area (Å²) in [5.41, 5.74) is -2.60. The number of carbonyl (C=O) groups is 2. The number of hydrogen-bond acceptors (Lipinski definition) is 6. The van der Waals surface area contributed by atoms with Gasteiger partial charge in [0.25, 0.3) is 18.2 Å². The molecule has 0 saturated carbocycles. The molecule has 0 radical (unpaired) electrons. The van der Waals surface area contributed by atoms with Crippen molar-refractivity contribution in [3.63, 3.8) is 0 Å². The van der Waals surface area contributed by atoms with E-state index in [2.05, 4.69) is 20.5 Å². The summed E-state index contributed by atoms with van der Waals surface area (Å²) in [7, 11) is 0. The first kappa shape index (κ1) is 29.9. The largest absolute Gasteiger partial charge is 0.476 e. The van der Waals surface area contributed by atoms with Crippen molar-refractivity contribution in [3.8, 4) is 5.75 Å². The predicted octanol–water partition coefficient (Wildman–Crippen LogP) is 4.57. The minimum atomic E-state index is -2.63. The van der Waals surface area contributed by atoms with E-state index in [1.54, 1.807) is 26.0 Å². The molecular formula is C28H34ClF3N4O4. The number of carbonyl (C=O) groups excluding carboxylic acids is 2. The van der Waals surface area contributed by atoms with E-state index in [0.717, 1.165) is 18.9 Å². The predicted molar refractivity (Wildman–Crippen MR) is 144 cm³/mol. The molecule has 2 fully saturated rings. The second kappa shape index (κ2) is 11.4. The van der Waals surface area contributed by atoms with Crippen molar-refractivity contribution in [1.29, 1.82) is 0 Å². The first-order valence-corrected chi connectivity index (χ1v) is 13.6. The highest BCUT2D eigenvalue weighted by Gasteiger charge is 2.43. The summed E-state index contributed by atoms with van der Waals surface area (Å²) in [5.74, 6) is -0.847. The summed E-state index contributed by atoms with van der Waals surface area (Å²) in [6.07, 6.45) is 1.94. The van der Waals surface area contributed by atoms with Crippen LogP contribution in [0.5, 0.6) is 5.75 Å². The fourth-order valence-corrected chi connectivity index (χ4v) is 5.56. The number of rotatable bonds is 9. The highest BCUT2D eigenvalue weighted by atomic mass is 35.5. The number of halogens is 4. The number of nitrogens with zero attached hydrogens (tertiary/aromatic N) is 2. The average molecular weight is 583 g/mol. The molecule has 2 amide bonds. The van der Waals surface area contributed by atoms with Gasteiger partial charge in [-0.3, -0.25) is 9.59 Å². The van der Waals surface area contributed by atoms with Crippen LogP contribution in [0.2, 0.25) is 5.02 Å². The lowest BCUT2D eigenvalue weighted by molar-refractivity contribution is -0.135. The quantitative estimate of drug-likeness (QED) is 0.400. The molecule has 2 saturated heterocycles. The summed E-state index contributed by atoms with van der Waals surface area (Å²) in [6.45, 7) is 5.36. The van der Waals surface area contributed by atoms with E-state index in [-0.39, 0.29) is 45.9 Å².